The molecule has 0 N–H and O–H groups in total. The molecule has 4 rings (SSSR count). The van der Waals surface area contributed by atoms with E-state index in [1.165, 1.54) is 6.26 Å². The lowest BCUT2D eigenvalue weighted by Crippen LogP contribution is -2.00. The van der Waals surface area contributed by atoms with Crippen molar-refractivity contribution in [3.63, 3.8) is 0 Å². The van der Waals surface area contributed by atoms with Crippen LogP contribution in [0.2, 0.25) is 0 Å². The van der Waals surface area contributed by atoms with Crippen molar-refractivity contribution in [3.8, 4) is 5.75 Å². The van der Waals surface area contributed by atoms with Gasteiger partial charge in [0, 0.05) is 15.4 Å². The summed E-state index contributed by atoms with van der Waals surface area (Å²) in [5.74, 6) is 0.637. The third-order valence-corrected chi connectivity index (χ3v) is 4.67. The Morgan fingerprint density at radius 2 is 1.73 bits per heavy atom. The van der Waals surface area contributed by atoms with Gasteiger partial charge in [0.1, 0.15) is 24.2 Å². The second-order valence-corrected chi connectivity index (χ2v) is 6.83. The second-order valence-electron chi connectivity index (χ2n) is 5.92. The average molecular weight is 407 g/mol. The number of carbonyl (C=O) groups is 1. The van der Waals surface area contributed by atoms with Crippen LogP contribution in [0.1, 0.15) is 21.5 Å². The first-order valence-corrected chi connectivity index (χ1v) is 8.98. The van der Waals surface area contributed by atoms with Crippen LogP contribution in [0.15, 0.2) is 87.9 Å². The normalized spacial score (nSPS) is 10.8. The lowest BCUT2D eigenvalue weighted by atomic mass is 10.0. The predicted octanol–water partition coefficient (Wildman–Crippen LogP) is 6.01. The molecular weight excluding hydrogens is 392 g/mol. The molecule has 0 aliphatic rings. The van der Waals surface area contributed by atoms with Crippen LogP contribution in [0.4, 0.5) is 0 Å². The molecule has 0 unspecified atom stereocenters. The molecule has 128 valence electrons. The van der Waals surface area contributed by atoms with Crippen LogP contribution < -0.4 is 4.74 Å². The topological polar surface area (TPSA) is 39.4 Å². The summed E-state index contributed by atoms with van der Waals surface area (Å²) in [5.41, 5.74) is 2.91. The number of carbonyl (C=O) groups excluding carboxylic acids is 1. The maximum absolute atomic E-state index is 12.7. The van der Waals surface area contributed by atoms with Crippen LogP contribution in [0, 0.1) is 0 Å². The minimum atomic E-state index is -0.0607. The Morgan fingerprint density at radius 3 is 2.50 bits per heavy atom. The van der Waals surface area contributed by atoms with Crippen molar-refractivity contribution in [3.05, 3.63) is 100 Å². The van der Waals surface area contributed by atoms with E-state index in [2.05, 4.69) is 15.9 Å². The molecule has 0 radical (unpaired) electrons. The van der Waals surface area contributed by atoms with Crippen LogP contribution in [0.3, 0.4) is 0 Å². The molecule has 0 amide bonds. The molecule has 0 spiro atoms. The molecule has 0 fully saturated rings. The molecule has 0 aliphatic heterocycles. The summed E-state index contributed by atoms with van der Waals surface area (Å²) in [6, 6.07) is 22.7. The average Bonchev–Trinajstić information content (AvgIpc) is 3.11. The van der Waals surface area contributed by atoms with Crippen LogP contribution in [0.25, 0.3) is 11.0 Å². The van der Waals surface area contributed by atoms with E-state index in [0.29, 0.717) is 29.1 Å². The van der Waals surface area contributed by atoms with Gasteiger partial charge >= 0.3 is 0 Å². The van der Waals surface area contributed by atoms with Gasteiger partial charge in [-0.2, -0.15) is 0 Å². The summed E-state index contributed by atoms with van der Waals surface area (Å²) < 4.78 is 12.5. The highest BCUT2D eigenvalue weighted by Gasteiger charge is 2.16. The molecule has 0 aliphatic carbocycles. The lowest BCUT2D eigenvalue weighted by Gasteiger charge is -2.07. The van der Waals surface area contributed by atoms with Gasteiger partial charge in [0.2, 0.25) is 0 Å². The molecule has 1 heterocycles. The van der Waals surface area contributed by atoms with Gasteiger partial charge in [-0.15, -0.1) is 0 Å². The highest BCUT2D eigenvalue weighted by Crippen LogP contribution is 2.28. The van der Waals surface area contributed by atoms with Gasteiger partial charge in [-0.1, -0.05) is 58.4 Å². The zero-order valence-electron chi connectivity index (χ0n) is 13.8. The Morgan fingerprint density at radius 1 is 0.962 bits per heavy atom. The van der Waals surface area contributed by atoms with E-state index < -0.39 is 0 Å². The highest BCUT2D eigenvalue weighted by atomic mass is 79.9. The fraction of sp³-hybridized carbons (Fsp3) is 0.0455. The molecule has 4 aromatic rings. The van der Waals surface area contributed by atoms with Crippen molar-refractivity contribution in [2.24, 2.45) is 0 Å². The van der Waals surface area contributed by atoms with Crippen molar-refractivity contribution >= 4 is 32.7 Å². The maximum atomic E-state index is 12.7. The van der Waals surface area contributed by atoms with E-state index >= 15 is 0 Å². The van der Waals surface area contributed by atoms with E-state index in [1.807, 2.05) is 60.7 Å². The van der Waals surface area contributed by atoms with Gasteiger partial charge in [-0.25, -0.2) is 0 Å². The van der Waals surface area contributed by atoms with Crippen molar-refractivity contribution in [1.82, 2.24) is 0 Å². The van der Waals surface area contributed by atoms with Gasteiger partial charge in [0.15, 0.2) is 5.78 Å². The first-order valence-electron chi connectivity index (χ1n) is 8.19. The van der Waals surface area contributed by atoms with Crippen LogP contribution in [0.5, 0.6) is 5.75 Å². The Hall–Kier alpha value is -2.85. The Kier molecular flexibility index (Phi) is 4.59. The Bertz CT molecular complexity index is 1050. The van der Waals surface area contributed by atoms with Crippen LogP contribution in [-0.2, 0) is 6.61 Å². The van der Waals surface area contributed by atoms with Crippen molar-refractivity contribution in [1.29, 1.82) is 0 Å². The zero-order valence-corrected chi connectivity index (χ0v) is 15.4. The molecule has 3 nitrogen and oxygen atoms in total. The molecular formula is C22H15BrO3. The summed E-state index contributed by atoms with van der Waals surface area (Å²) in [6.45, 7) is 0.457. The van der Waals surface area contributed by atoms with Crippen molar-refractivity contribution in [2.75, 3.05) is 0 Å². The number of hydrogen-bond donors (Lipinski definition) is 0. The number of ketones is 1. The largest absolute Gasteiger partial charge is 0.489 e. The minimum Gasteiger partial charge on any atom is -0.489 e. The molecule has 0 saturated carbocycles. The second kappa shape index (κ2) is 7.18. The van der Waals surface area contributed by atoms with E-state index in [1.54, 1.807) is 12.1 Å². The van der Waals surface area contributed by atoms with Gasteiger partial charge in [-0.3, -0.25) is 4.79 Å². The number of ether oxygens (including phenoxy) is 1. The number of hydrogen-bond acceptors (Lipinski definition) is 3. The SMILES string of the molecule is O=C(c1ccccc1)c1coc2ccc(OCc3ccc(Br)cc3)cc12. The minimum absolute atomic E-state index is 0.0607. The molecule has 4 heteroatoms. The molecule has 0 atom stereocenters. The monoisotopic (exact) mass is 406 g/mol. The van der Waals surface area contributed by atoms with Crippen molar-refractivity contribution in [2.45, 2.75) is 6.61 Å². The first kappa shape index (κ1) is 16.6. The zero-order chi connectivity index (χ0) is 17.9. The molecule has 1 aromatic heterocycles. The smallest absolute Gasteiger partial charge is 0.196 e. The predicted molar refractivity (Wildman–Crippen MR) is 105 cm³/mol. The summed E-state index contributed by atoms with van der Waals surface area (Å²) in [6.07, 6.45) is 1.51. The first-order chi connectivity index (χ1) is 12.7. The fourth-order valence-electron chi connectivity index (χ4n) is 2.77. The molecule has 0 bridgehead atoms. The van der Waals surface area contributed by atoms with Gasteiger partial charge in [0.25, 0.3) is 0 Å². The van der Waals surface area contributed by atoms with Crippen molar-refractivity contribution < 1.29 is 13.9 Å². The van der Waals surface area contributed by atoms with Gasteiger partial charge < -0.3 is 9.15 Å². The Labute approximate surface area is 159 Å². The van der Waals surface area contributed by atoms with Gasteiger partial charge in [-0.05, 0) is 35.9 Å². The molecule has 26 heavy (non-hydrogen) atoms. The quantitative estimate of drug-likeness (QED) is 0.381. The Balaban J connectivity index is 1.60. The summed E-state index contributed by atoms with van der Waals surface area (Å²) >= 11 is 3.42. The standard InChI is InChI=1S/C22H15BrO3/c23-17-8-6-15(7-9-17)13-25-18-10-11-21-19(12-18)20(14-26-21)22(24)16-4-2-1-3-5-16/h1-12,14H,13H2. The van der Waals surface area contributed by atoms with E-state index in [4.69, 9.17) is 9.15 Å². The summed E-state index contributed by atoms with van der Waals surface area (Å²) in [4.78, 5) is 12.7. The lowest BCUT2D eigenvalue weighted by molar-refractivity contribution is 0.103. The van der Waals surface area contributed by atoms with E-state index in [9.17, 15) is 4.79 Å². The number of rotatable bonds is 5. The van der Waals surface area contributed by atoms with Gasteiger partial charge in [0.05, 0.1) is 5.56 Å². The van der Waals surface area contributed by atoms with Crippen LogP contribution >= 0.6 is 15.9 Å². The summed E-state index contributed by atoms with van der Waals surface area (Å²) in [5, 5.41) is 0.757. The molecule has 0 saturated heterocycles. The van der Waals surface area contributed by atoms with Crippen LogP contribution in [-0.4, -0.2) is 5.78 Å². The number of furan rings is 1. The third kappa shape index (κ3) is 3.41. The third-order valence-electron chi connectivity index (χ3n) is 4.14. The number of fused-ring (bicyclic) bond motifs is 1. The molecule has 3 aromatic carbocycles. The fourth-order valence-corrected chi connectivity index (χ4v) is 3.03. The van der Waals surface area contributed by atoms with E-state index in [0.717, 1.165) is 15.4 Å². The van der Waals surface area contributed by atoms with E-state index in [-0.39, 0.29) is 5.78 Å². The highest BCUT2D eigenvalue weighted by molar-refractivity contribution is 9.10. The summed E-state index contributed by atoms with van der Waals surface area (Å²) in [7, 11) is 0. The number of benzene rings is 3. The maximum Gasteiger partial charge on any atom is 0.196 e. The number of halogens is 1.